The van der Waals surface area contributed by atoms with E-state index < -0.39 is 0 Å². The lowest BCUT2D eigenvalue weighted by atomic mass is 10.2. The molecule has 4 nitrogen and oxygen atoms in total. The normalized spacial score (nSPS) is 19.3. The second kappa shape index (κ2) is 4.43. The Morgan fingerprint density at radius 3 is 3.16 bits per heavy atom. The zero-order valence-electron chi connectivity index (χ0n) is 10.3. The van der Waals surface area contributed by atoms with Gasteiger partial charge in [-0.1, -0.05) is 23.4 Å². The van der Waals surface area contributed by atoms with Crippen LogP contribution in [0.2, 0.25) is 0 Å². The maximum absolute atomic E-state index is 5.44. The molecule has 0 saturated carbocycles. The van der Waals surface area contributed by atoms with Gasteiger partial charge in [-0.25, -0.2) is 0 Å². The first-order valence-electron chi connectivity index (χ1n) is 6.45. The number of fused-ring (bicyclic) bond motifs is 1. The Morgan fingerprint density at radius 2 is 2.26 bits per heavy atom. The van der Waals surface area contributed by atoms with Gasteiger partial charge in [0.05, 0.1) is 11.6 Å². The largest absolute Gasteiger partial charge is 0.334 e. The summed E-state index contributed by atoms with van der Waals surface area (Å²) in [5.41, 5.74) is 1.04. The van der Waals surface area contributed by atoms with Crippen LogP contribution in [0.15, 0.2) is 34.2 Å². The molecule has 0 bridgehead atoms. The maximum Gasteiger partial charge on any atom is 0.259 e. The van der Waals surface area contributed by atoms with Crippen molar-refractivity contribution in [1.82, 2.24) is 15.5 Å². The van der Waals surface area contributed by atoms with Crippen LogP contribution in [0.25, 0.3) is 21.5 Å². The summed E-state index contributed by atoms with van der Waals surface area (Å²) in [5.74, 6) is 1.41. The van der Waals surface area contributed by atoms with Crippen LogP contribution in [0.3, 0.4) is 0 Å². The number of thiophene rings is 1. The van der Waals surface area contributed by atoms with Crippen LogP contribution in [0.5, 0.6) is 0 Å². The summed E-state index contributed by atoms with van der Waals surface area (Å²) in [4.78, 5) is 4.55. The average molecular weight is 271 g/mol. The molecule has 4 rings (SSSR count). The van der Waals surface area contributed by atoms with Gasteiger partial charge in [-0.2, -0.15) is 4.98 Å². The lowest BCUT2D eigenvalue weighted by Gasteiger charge is -2.01. The highest BCUT2D eigenvalue weighted by atomic mass is 32.1. The van der Waals surface area contributed by atoms with E-state index in [4.69, 9.17) is 4.52 Å². The molecule has 0 amide bonds. The van der Waals surface area contributed by atoms with Crippen molar-refractivity contribution in [3.05, 3.63) is 35.5 Å². The van der Waals surface area contributed by atoms with Crippen molar-refractivity contribution >= 4 is 21.4 Å². The smallest absolute Gasteiger partial charge is 0.259 e. The van der Waals surface area contributed by atoms with Gasteiger partial charge in [-0.05, 0) is 25.5 Å². The molecule has 19 heavy (non-hydrogen) atoms. The quantitative estimate of drug-likeness (QED) is 0.776. The van der Waals surface area contributed by atoms with Gasteiger partial charge >= 0.3 is 0 Å². The number of rotatable bonds is 2. The first-order valence-corrected chi connectivity index (χ1v) is 7.33. The third-order valence-electron chi connectivity index (χ3n) is 3.53. The van der Waals surface area contributed by atoms with Crippen LogP contribution in [-0.2, 0) is 0 Å². The molecule has 1 saturated heterocycles. The zero-order valence-corrected chi connectivity index (χ0v) is 11.1. The second-order valence-electron chi connectivity index (χ2n) is 4.75. The van der Waals surface area contributed by atoms with Crippen LogP contribution in [-0.4, -0.2) is 16.7 Å². The minimum atomic E-state index is 0.252. The van der Waals surface area contributed by atoms with E-state index >= 15 is 0 Å². The Kier molecular flexibility index (Phi) is 2.60. The van der Waals surface area contributed by atoms with Crippen LogP contribution in [0.1, 0.15) is 24.7 Å². The SMILES string of the molecule is c1ccc2c(-c3nc(C4CCCN4)no3)csc2c1. The third kappa shape index (κ3) is 1.86. The molecule has 0 radical (unpaired) electrons. The van der Waals surface area contributed by atoms with Gasteiger partial charge in [0.15, 0.2) is 5.82 Å². The monoisotopic (exact) mass is 271 g/mol. The Morgan fingerprint density at radius 1 is 1.32 bits per heavy atom. The molecule has 1 aliphatic heterocycles. The summed E-state index contributed by atoms with van der Waals surface area (Å²) in [6, 6.07) is 8.54. The summed E-state index contributed by atoms with van der Waals surface area (Å²) in [7, 11) is 0. The predicted molar refractivity (Wildman–Crippen MR) is 75.1 cm³/mol. The van der Waals surface area contributed by atoms with E-state index in [0.29, 0.717) is 5.89 Å². The van der Waals surface area contributed by atoms with Crippen molar-refractivity contribution in [2.45, 2.75) is 18.9 Å². The highest BCUT2D eigenvalue weighted by Gasteiger charge is 2.22. The van der Waals surface area contributed by atoms with Crippen LogP contribution < -0.4 is 5.32 Å². The molecule has 1 fully saturated rings. The molecule has 1 aromatic carbocycles. The van der Waals surface area contributed by atoms with Crippen molar-refractivity contribution in [2.24, 2.45) is 0 Å². The molecule has 1 atom stereocenters. The van der Waals surface area contributed by atoms with Gasteiger partial charge in [0.2, 0.25) is 0 Å². The Hall–Kier alpha value is -1.72. The lowest BCUT2D eigenvalue weighted by Crippen LogP contribution is -2.14. The van der Waals surface area contributed by atoms with Gasteiger partial charge in [0, 0.05) is 15.5 Å². The van der Waals surface area contributed by atoms with E-state index in [0.717, 1.165) is 24.4 Å². The van der Waals surface area contributed by atoms with Gasteiger partial charge < -0.3 is 9.84 Å². The summed E-state index contributed by atoms with van der Waals surface area (Å²) >= 11 is 1.71. The molecule has 2 aromatic heterocycles. The van der Waals surface area contributed by atoms with Crippen molar-refractivity contribution in [3.8, 4) is 11.5 Å². The molecule has 3 aromatic rings. The Balaban J connectivity index is 1.76. The first-order chi connectivity index (χ1) is 9.42. The predicted octanol–water partition coefficient (Wildman–Crippen LogP) is 3.38. The van der Waals surface area contributed by atoms with Crippen molar-refractivity contribution in [3.63, 3.8) is 0 Å². The molecular weight excluding hydrogens is 258 g/mol. The van der Waals surface area contributed by atoms with Crippen LogP contribution in [0, 0.1) is 0 Å². The van der Waals surface area contributed by atoms with E-state index in [-0.39, 0.29) is 6.04 Å². The highest BCUT2D eigenvalue weighted by molar-refractivity contribution is 7.17. The fourth-order valence-electron chi connectivity index (χ4n) is 2.53. The standard InChI is InChI=1S/C14H13N3OS/c1-2-6-12-9(4-1)10(8-19-12)14-16-13(17-18-14)11-5-3-7-15-11/h1-2,4,6,8,11,15H,3,5,7H2. The van der Waals surface area contributed by atoms with Gasteiger partial charge in [0.25, 0.3) is 5.89 Å². The third-order valence-corrected chi connectivity index (χ3v) is 4.49. The minimum Gasteiger partial charge on any atom is -0.334 e. The molecule has 96 valence electrons. The van der Waals surface area contributed by atoms with E-state index in [9.17, 15) is 0 Å². The Labute approximate surface area is 114 Å². The minimum absolute atomic E-state index is 0.252. The Bertz CT molecular complexity index is 712. The van der Waals surface area contributed by atoms with Gasteiger partial charge in [-0.3, -0.25) is 0 Å². The number of aromatic nitrogens is 2. The van der Waals surface area contributed by atoms with Crippen LogP contribution in [0.4, 0.5) is 0 Å². The van der Waals surface area contributed by atoms with Gasteiger partial charge in [0.1, 0.15) is 0 Å². The average Bonchev–Trinajstić information content (AvgIpc) is 3.18. The molecule has 1 N–H and O–H groups in total. The summed E-state index contributed by atoms with van der Waals surface area (Å²) in [6.45, 7) is 1.04. The molecule has 0 spiro atoms. The van der Waals surface area contributed by atoms with Crippen LogP contribution >= 0.6 is 11.3 Å². The first kappa shape index (κ1) is 11.1. The number of nitrogens with one attached hydrogen (secondary N) is 1. The number of hydrogen-bond donors (Lipinski definition) is 1. The topological polar surface area (TPSA) is 51.0 Å². The number of nitrogens with zero attached hydrogens (tertiary/aromatic N) is 2. The second-order valence-corrected chi connectivity index (χ2v) is 5.66. The molecule has 0 aliphatic carbocycles. The lowest BCUT2D eigenvalue weighted by molar-refractivity contribution is 0.412. The molecule has 1 aliphatic rings. The molecular formula is C14H13N3OS. The van der Waals surface area contributed by atoms with E-state index in [1.807, 2.05) is 12.1 Å². The fraction of sp³-hybridized carbons (Fsp3) is 0.286. The fourth-order valence-corrected chi connectivity index (χ4v) is 3.47. The van der Waals surface area contributed by atoms with Crippen molar-refractivity contribution in [2.75, 3.05) is 6.54 Å². The summed E-state index contributed by atoms with van der Waals surface area (Å²) in [6.07, 6.45) is 2.26. The van der Waals surface area contributed by atoms with E-state index in [2.05, 4.69) is 33.0 Å². The summed E-state index contributed by atoms with van der Waals surface area (Å²) in [5, 5.41) is 10.8. The zero-order chi connectivity index (χ0) is 12.7. The molecule has 5 heteroatoms. The number of benzene rings is 1. The highest BCUT2D eigenvalue weighted by Crippen LogP contribution is 2.33. The van der Waals surface area contributed by atoms with E-state index in [1.54, 1.807) is 11.3 Å². The molecule has 1 unspecified atom stereocenters. The van der Waals surface area contributed by atoms with E-state index in [1.165, 1.54) is 16.5 Å². The van der Waals surface area contributed by atoms with Gasteiger partial charge in [-0.15, -0.1) is 11.3 Å². The maximum atomic E-state index is 5.44. The van der Waals surface area contributed by atoms with Crippen molar-refractivity contribution in [1.29, 1.82) is 0 Å². The number of hydrogen-bond acceptors (Lipinski definition) is 5. The van der Waals surface area contributed by atoms with Crippen molar-refractivity contribution < 1.29 is 4.52 Å². The summed E-state index contributed by atoms with van der Waals surface area (Å²) < 4.78 is 6.68. The molecule has 3 heterocycles.